The van der Waals surface area contributed by atoms with Crippen LogP contribution in [-0.2, 0) is 28.8 Å². The molecule has 244 valence electrons. The summed E-state index contributed by atoms with van der Waals surface area (Å²) in [5.41, 5.74) is 18.7. The Morgan fingerprint density at radius 1 is 1.07 bits per heavy atom. The maximum Gasteiger partial charge on any atom is 0.416 e. The molecule has 45 heavy (non-hydrogen) atoms. The molecule has 1 heterocycles. The maximum absolute atomic E-state index is 13.7. The molecule has 2 atom stereocenters. The van der Waals surface area contributed by atoms with Crippen molar-refractivity contribution in [2.24, 2.45) is 22.2 Å². The van der Waals surface area contributed by atoms with Crippen LogP contribution in [0.15, 0.2) is 41.4 Å². The molecule has 2 aliphatic rings. The van der Waals surface area contributed by atoms with Crippen LogP contribution in [0, 0.1) is 0 Å². The Morgan fingerprint density at radius 3 is 2.44 bits per heavy atom. The number of ether oxygens (including phenoxy) is 1. The lowest BCUT2D eigenvalue weighted by atomic mass is 9.91. The first-order valence-corrected chi connectivity index (χ1v) is 15.1. The fourth-order valence-electron chi connectivity index (χ4n) is 6.17. The lowest BCUT2D eigenvalue weighted by molar-refractivity contribution is -0.139. The van der Waals surface area contributed by atoms with Gasteiger partial charge in [-0.3, -0.25) is 14.6 Å². The lowest BCUT2D eigenvalue weighted by Crippen LogP contribution is -2.30. The van der Waals surface area contributed by atoms with Crippen molar-refractivity contribution in [1.29, 1.82) is 0 Å². The number of aliphatic carboxylic acids is 2. The van der Waals surface area contributed by atoms with Crippen LogP contribution in [0.1, 0.15) is 91.2 Å². The molecular weight excluding hydrogens is 591 g/mol. The summed E-state index contributed by atoms with van der Waals surface area (Å²) in [4.78, 5) is 28.4. The van der Waals surface area contributed by atoms with Gasteiger partial charge in [-0.2, -0.15) is 13.2 Å². The van der Waals surface area contributed by atoms with Gasteiger partial charge in [0.2, 0.25) is 0 Å². The predicted molar refractivity (Wildman–Crippen MR) is 164 cm³/mol. The van der Waals surface area contributed by atoms with E-state index in [9.17, 15) is 22.8 Å². The van der Waals surface area contributed by atoms with E-state index in [4.69, 9.17) is 32.2 Å². The number of aliphatic imine (C=N–C) groups is 1. The van der Waals surface area contributed by atoms with Gasteiger partial charge in [-0.15, -0.1) is 0 Å². The zero-order valence-electron chi connectivity index (χ0n) is 24.9. The summed E-state index contributed by atoms with van der Waals surface area (Å²) in [7, 11) is 0. The van der Waals surface area contributed by atoms with E-state index in [1.54, 1.807) is 18.2 Å². The van der Waals surface area contributed by atoms with Crippen LogP contribution in [0.5, 0.6) is 5.75 Å². The average molecular weight is 632 g/mol. The molecule has 0 bridgehead atoms. The van der Waals surface area contributed by atoms with E-state index in [0.717, 1.165) is 60.7 Å². The third-order valence-electron chi connectivity index (χ3n) is 8.39. The number of carboxylic acid groups (broad SMARTS) is 2. The standard InChI is InChI=1S/C26H26F3NO3.C6H14N4O2/c27-26(28,29)22-11-15(5-8-19(22)16-3-1-2-4-16)14-33-18-7-10-23-21(13-18)20-9-6-17(12-24(31)32)25(20)30-23;7-4(5(11)12)2-1-3-10-6(8)9/h5,7-8,10-11,13,16-17,30H,1-4,6,9,12,14H2,(H,31,32);4H,1-3,7H2,(H,11,12)(H4,8,9,10)/t17-;4-/m10/s1. The molecule has 0 amide bonds. The second-order valence-electron chi connectivity index (χ2n) is 11.6. The smallest absolute Gasteiger partial charge is 0.416 e. The minimum Gasteiger partial charge on any atom is -0.489 e. The number of nitrogens with zero attached hydrogens (tertiary/aromatic N) is 1. The van der Waals surface area contributed by atoms with Crippen LogP contribution in [0.4, 0.5) is 13.2 Å². The van der Waals surface area contributed by atoms with E-state index < -0.39 is 29.7 Å². The van der Waals surface area contributed by atoms with Gasteiger partial charge >= 0.3 is 18.1 Å². The molecule has 0 aliphatic heterocycles. The third-order valence-corrected chi connectivity index (χ3v) is 8.39. The quantitative estimate of drug-likeness (QED) is 0.0923. The van der Waals surface area contributed by atoms with Crippen molar-refractivity contribution < 1.29 is 37.7 Å². The van der Waals surface area contributed by atoms with E-state index in [2.05, 4.69) is 9.98 Å². The van der Waals surface area contributed by atoms with Gasteiger partial charge in [-0.1, -0.05) is 25.0 Å². The van der Waals surface area contributed by atoms with Crippen molar-refractivity contribution in [2.45, 2.75) is 88.4 Å². The zero-order valence-corrected chi connectivity index (χ0v) is 24.9. The van der Waals surface area contributed by atoms with E-state index in [-0.39, 0.29) is 30.8 Å². The molecule has 0 radical (unpaired) electrons. The number of halogens is 3. The summed E-state index contributed by atoms with van der Waals surface area (Å²) in [6, 6.07) is 9.35. The summed E-state index contributed by atoms with van der Waals surface area (Å²) in [5, 5.41) is 18.5. The highest BCUT2D eigenvalue weighted by atomic mass is 19.4. The van der Waals surface area contributed by atoms with Gasteiger partial charge in [-0.25, -0.2) is 0 Å². The normalized spacial score (nSPS) is 16.9. The topological polar surface area (TPSA) is 190 Å². The summed E-state index contributed by atoms with van der Waals surface area (Å²) < 4.78 is 47.1. The van der Waals surface area contributed by atoms with Gasteiger partial charge in [-0.05, 0) is 85.4 Å². The van der Waals surface area contributed by atoms with Gasteiger partial charge < -0.3 is 37.1 Å². The van der Waals surface area contributed by atoms with Crippen LogP contribution in [0.2, 0.25) is 0 Å². The number of carboxylic acids is 2. The van der Waals surface area contributed by atoms with Crippen LogP contribution in [0.25, 0.3) is 10.9 Å². The van der Waals surface area contributed by atoms with Gasteiger partial charge in [0.05, 0.1) is 12.0 Å². The molecule has 13 heteroatoms. The third kappa shape index (κ3) is 8.90. The number of aromatic amines is 1. The fourth-order valence-corrected chi connectivity index (χ4v) is 6.17. The van der Waals surface area contributed by atoms with Crippen molar-refractivity contribution in [1.82, 2.24) is 4.98 Å². The molecule has 10 nitrogen and oxygen atoms in total. The van der Waals surface area contributed by atoms with Crippen LogP contribution >= 0.6 is 0 Å². The second kappa shape index (κ2) is 14.7. The van der Waals surface area contributed by atoms with Crippen molar-refractivity contribution in [3.8, 4) is 5.75 Å². The number of aryl methyl sites for hydroxylation is 1. The van der Waals surface area contributed by atoms with Crippen molar-refractivity contribution in [2.75, 3.05) is 6.54 Å². The molecule has 0 spiro atoms. The van der Waals surface area contributed by atoms with E-state index in [1.165, 1.54) is 6.07 Å². The van der Waals surface area contributed by atoms with Crippen LogP contribution in [-0.4, -0.2) is 45.7 Å². The first-order valence-electron chi connectivity index (χ1n) is 15.1. The number of hydrogen-bond donors (Lipinski definition) is 6. The first kappa shape index (κ1) is 33.6. The van der Waals surface area contributed by atoms with Crippen molar-refractivity contribution in [3.05, 3.63) is 64.3 Å². The Bertz CT molecular complexity index is 1530. The SMILES string of the molecule is NC(N)=NCCC[C@H](N)C(=O)O.O=C(O)C[C@H]1CCc2c1[nH]c1ccc(OCc3ccc(C4CCCC4)c(C(F)(F)F)c3)cc21. The zero-order chi connectivity index (χ0) is 32.7. The number of alkyl halides is 3. The molecule has 3 aromatic rings. The molecule has 2 aliphatic carbocycles. The molecule has 0 saturated heterocycles. The number of guanidine groups is 1. The average Bonchev–Trinajstić information content (AvgIpc) is 3.72. The second-order valence-corrected chi connectivity index (χ2v) is 11.6. The molecule has 0 unspecified atom stereocenters. The Labute approximate surface area is 258 Å². The van der Waals surface area contributed by atoms with E-state index >= 15 is 0 Å². The van der Waals surface area contributed by atoms with Gasteiger partial charge in [0.15, 0.2) is 5.96 Å². The van der Waals surface area contributed by atoms with Gasteiger partial charge in [0.1, 0.15) is 18.4 Å². The molecule has 5 rings (SSSR count). The summed E-state index contributed by atoms with van der Waals surface area (Å²) in [6.07, 6.45) is 1.85. The number of nitrogens with one attached hydrogen (secondary N) is 1. The fraction of sp³-hybridized carbons (Fsp3) is 0.469. The number of fused-ring (bicyclic) bond motifs is 3. The highest BCUT2D eigenvalue weighted by Crippen LogP contribution is 2.43. The summed E-state index contributed by atoms with van der Waals surface area (Å²) >= 11 is 0. The monoisotopic (exact) mass is 631 g/mol. The number of H-pyrrole nitrogens is 1. The molecule has 2 aromatic carbocycles. The van der Waals surface area contributed by atoms with Gasteiger partial charge in [0, 0.05) is 29.1 Å². The van der Waals surface area contributed by atoms with E-state index in [0.29, 0.717) is 36.3 Å². The minimum absolute atomic E-state index is 0.0129. The first-order chi connectivity index (χ1) is 21.3. The Hall–Kier alpha value is -4.26. The molecule has 1 fully saturated rings. The van der Waals surface area contributed by atoms with Crippen molar-refractivity contribution >= 4 is 28.8 Å². The maximum atomic E-state index is 13.7. The summed E-state index contributed by atoms with van der Waals surface area (Å²) in [6.45, 7) is 0.469. The highest BCUT2D eigenvalue weighted by Gasteiger charge is 2.36. The lowest BCUT2D eigenvalue weighted by Gasteiger charge is -2.19. The predicted octanol–water partition coefficient (Wildman–Crippen LogP) is 5.38. The number of rotatable bonds is 11. The number of benzene rings is 2. The van der Waals surface area contributed by atoms with Crippen molar-refractivity contribution in [3.63, 3.8) is 0 Å². The van der Waals surface area contributed by atoms with E-state index in [1.807, 2.05) is 12.1 Å². The van der Waals surface area contributed by atoms with Gasteiger partial charge in [0.25, 0.3) is 0 Å². The summed E-state index contributed by atoms with van der Waals surface area (Å²) in [5.74, 6) is -1.25. The minimum atomic E-state index is -4.38. The van der Waals surface area contributed by atoms with Crippen LogP contribution in [0.3, 0.4) is 0 Å². The Kier molecular flexibility index (Phi) is 11.0. The number of aromatic nitrogens is 1. The number of nitrogens with two attached hydrogens (primary N) is 3. The Morgan fingerprint density at radius 2 is 1.80 bits per heavy atom. The molecular formula is C32H40F3N5O5. The van der Waals surface area contributed by atoms with Crippen LogP contribution < -0.4 is 21.9 Å². The molecule has 1 saturated carbocycles. The number of carbonyl (C=O) groups is 2. The Balaban J connectivity index is 0.000000328. The highest BCUT2D eigenvalue weighted by molar-refractivity contribution is 5.87. The molecule has 9 N–H and O–H groups in total. The largest absolute Gasteiger partial charge is 0.489 e. The molecule has 1 aromatic heterocycles. The number of hydrogen-bond acceptors (Lipinski definition) is 5.